The molecule has 5 aromatic rings. The maximum Gasteiger partial charge on any atom is 0.204 e. The third-order valence-corrected chi connectivity index (χ3v) is 6.41. The molecule has 2 N–H and O–H groups in total. The number of hydrogen-bond acceptors (Lipinski definition) is 5. The molecule has 0 unspecified atom stereocenters. The van der Waals surface area contributed by atoms with Gasteiger partial charge < -0.3 is 19.7 Å². The number of thiophene rings is 1. The number of aromatic hydroxyl groups is 2. The fraction of sp³-hybridized carbons (Fsp3) is 0.167. The monoisotopic (exact) mass is 404 g/mol. The molecule has 0 radical (unpaired) electrons. The summed E-state index contributed by atoms with van der Waals surface area (Å²) in [6, 6.07) is 15.4. The van der Waals surface area contributed by atoms with E-state index in [-0.39, 0.29) is 11.5 Å². The minimum absolute atomic E-state index is 0.0806. The van der Waals surface area contributed by atoms with E-state index in [0.717, 1.165) is 41.7 Å². The van der Waals surface area contributed by atoms with E-state index >= 15 is 0 Å². The molecule has 0 aliphatic rings. The van der Waals surface area contributed by atoms with Gasteiger partial charge in [-0.1, -0.05) is 24.3 Å². The van der Waals surface area contributed by atoms with Gasteiger partial charge in [0.25, 0.3) is 0 Å². The Labute approximate surface area is 171 Å². The highest BCUT2D eigenvalue weighted by molar-refractivity contribution is 7.26. The van der Waals surface area contributed by atoms with Crippen LogP contribution >= 0.6 is 11.3 Å². The van der Waals surface area contributed by atoms with Gasteiger partial charge in [0.15, 0.2) is 11.5 Å². The third-order valence-electron chi connectivity index (χ3n) is 5.21. The first-order chi connectivity index (χ1) is 14.1. The summed E-state index contributed by atoms with van der Waals surface area (Å²) in [5, 5.41) is 26.7. The molecule has 4 nitrogen and oxygen atoms in total. The number of fused-ring (bicyclic) bond motifs is 7. The van der Waals surface area contributed by atoms with E-state index in [9.17, 15) is 10.2 Å². The van der Waals surface area contributed by atoms with Gasteiger partial charge >= 0.3 is 0 Å². The van der Waals surface area contributed by atoms with Crippen LogP contribution in [-0.4, -0.2) is 23.4 Å². The SMILES string of the molecule is CCOc1c(O)cc2ccc3sc4c5cccc(O)c5ccc4c3c2c1OCC. The van der Waals surface area contributed by atoms with Gasteiger partial charge in [-0.05, 0) is 43.5 Å². The van der Waals surface area contributed by atoms with Gasteiger partial charge in [0.2, 0.25) is 5.75 Å². The van der Waals surface area contributed by atoms with Crippen molar-refractivity contribution in [1.29, 1.82) is 0 Å². The van der Waals surface area contributed by atoms with Crippen molar-refractivity contribution in [2.45, 2.75) is 13.8 Å². The zero-order valence-electron chi connectivity index (χ0n) is 16.2. The average molecular weight is 404 g/mol. The molecule has 0 saturated heterocycles. The zero-order chi connectivity index (χ0) is 20.1. The van der Waals surface area contributed by atoms with E-state index < -0.39 is 0 Å². The van der Waals surface area contributed by atoms with Crippen molar-refractivity contribution in [2.24, 2.45) is 0 Å². The molecule has 0 atom stereocenters. The summed E-state index contributed by atoms with van der Waals surface area (Å²) in [4.78, 5) is 0. The lowest BCUT2D eigenvalue weighted by Gasteiger charge is -2.16. The highest BCUT2D eigenvalue weighted by atomic mass is 32.1. The molecule has 5 heteroatoms. The number of phenolic OH excluding ortho intramolecular Hbond substituents is 2. The first kappa shape index (κ1) is 17.9. The Hall–Kier alpha value is -3.18. The summed E-state index contributed by atoms with van der Waals surface area (Å²) in [7, 11) is 0. The molecule has 0 amide bonds. The second-order valence-corrected chi connectivity index (χ2v) is 7.93. The van der Waals surface area contributed by atoms with E-state index in [4.69, 9.17) is 9.47 Å². The maximum atomic E-state index is 10.5. The predicted molar refractivity (Wildman–Crippen MR) is 120 cm³/mol. The Morgan fingerprint density at radius 3 is 2.31 bits per heavy atom. The first-order valence-electron chi connectivity index (χ1n) is 9.65. The topological polar surface area (TPSA) is 58.9 Å². The summed E-state index contributed by atoms with van der Waals surface area (Å²) in [6.45, 7) is 4.71. The lowest BCUT2D eigenvalue weighted by molar-refractivity contribution is 0.278. The molecule has 29 heavy (non-hydrogen) atoms. The number of rotatable bonds is 4. The van der Waals surface area contributed by atoms with Crippen LogP contribution in [-0.2, 0) is 0 Å². The predicted octanol–water partition coefficient (Wildman–Crippen LogP) is 6.57. The van der Waals surface area contributed by atoms with Gasteiger partial charge in [0.05, 0.1) is 13.2 Å². The van der Waals surface area contributed by atoms with Crippen molar-refractivity contribution in [1.82, 2.24) is 0 Å². The van der Waals surface area contributed by atoms with Crippen LogP contribution in [0.5, 0.6) is 23.0 Å². The number of phenols is 2. The van der Waals surface area contributed by atoms with E-state index in [1.807, 2.05) is 38.1 Å². The molecule has 0 fully saturated rings. The van der Waals surface area contributed by atoms with E-state index in [2.05, 4.69) is 12.1 Å². The van der Waals surface area contributed by atoms with Crippen LogP contribution in [0, 0.1) is 0 Å². The molecule has 5 rings (SSSR count). The van der Waals surface area contributed by atoms with Gasteiger partial charge in [-0.3, -0.25) is 0 Å². The highest BCUT2D eigenvalue weighted by Gasteiger charge is 2.21. The standard InChI is InChI=1S/C24H20O4S/c1-3-27-22-18(26)12-13-8-11-19-21(20(13)23(22)28-4-2)16-10-9-14-15(24(16)29-19)6-5-7-17(14)25/h5-12,25-26H,3-4H2,1-2H3. The van der Waals surface area contributed by atoms with Crippen LogP contribution in [0.25, 0.3) is 41.7 Å². The number of ether oxygens (including phenoxy) is 2. The van der Waals surface area contributed by atoms with Gasteiger partial charge in [0.1, 0.15) is 5.75 Å². The number of benzene rings is 4. The minimum Gasteiger partial charge on any atom is -0.507 e. The van der Waals surface area contributed by atoms with Gasteiger partial charge in [0, 0.05) is 36.3 Å². The molecule has 0 saturated carbocycles. The molecule has 4 aromatic carbocycles. The quantitative estimate of drug-likeness (QED) is 0.356. The lowest BCUT2D eigenvalue weighted by Crippen LogP contribution is -1.99. The molecular formula is C24H20O4S. The second kappa shape index (κ2) is 6.71. The van der Waals surface area contributed by atoms with Crippen LogP contribution in [0.15, 0.2) is 48.5 Å². The molecule has 0 bridgehead atoms. The van der Waals surface area contributed by atoms with Crippen LogP contribution < -0.4 is 9.47 Å². The molecule has 1 heterocycles. The molecular weight excluding hydrogens is 384 g/mol. The summed E-state index contributed by atoms with van der Waals surface area (Å²) < 4.78 is 14.0. The summed E-state index contributed by atoms with van der Waals surface area (Å²) in [5.41, 5.74) is 0. The van der Waals surface area contributed by atoms with Crippen molar-refractivity contribution in [3.63, 3.8) is 0 Å². The fourth-order valence-corrected chi connectivity index (χ4v) is 5.29. The summed E-state index contributed by atoms with van der Waals surface area (Å²) >= 11 is 1.69. The van der Waals surface area contributed by atoms with Crippen LogP contribution in [0.4, 0.5) is 0 Å². The zero-order valence-corrected chi connectivity index (χ0v) is 17.0. The van der Waals surface area contributed by atoms with Gasteiger partial charge in [-0.15, -0.1) is 11.3 Å². The van der Waals surface area contributed by atoms with E-state index in [1.165, 1.54) is 0 Å². The Kier molecular flexibility index (Phi) is 4.14. The summed E-state index contributed by atoms with van der Waals surface area (Å²) in [5.74, 6) is 1.32. The fourth-order valence-electron chi connectivity index (χ4n) is 4.06. The van der Waals surface area contributed by atoms with Crippen LogP contribution in [0.1, 0.15) is 13.8 Å². The van der Waals surface area contributed by atoms with Crippen LogP contribution in [0.3, 0.4) is 0 Å². The molecule has 1 aromatic heterocycles. The molecule has 0 aliphatic heterocycles. The molecule has 0 spiro atoms. The number of hydrogen-bond donors (Lipinski definition) is 2. The Morgan fingerprint density at radius 2 is 1.52 bits per heavy atom. The smallest absolute Gasteiger partial charge is 0.204 e. The average Bonchev–Trinajstić information content (AvgIpc) is 3.10. The van der Waals surface area contributed by atoms with Crippen molar-refractivity contribution in [3.8, 4) is 23.0 Å². The van der Waals surface area contributed by atoms with Gasteiger partial charge in [-0.2, -0.15) is 0 Å². The molecule has 0 aliphatic carbocycles. The van der Waals surface area contributed by atoms with E-state index in [0.29, 0.717) is 24.7 Å². The van der Waals surface area contributed by atoms with Crippen molar-refractivity contribution < 1.29 is 19.7 Å². The maximum absolute atomic E-state index is 10.5. The Bertz CT molecular complexity index is 1400. The third kappa shape index (κ3) is 2.58. The first-order valence-corrected chi connectivity index (χ1v) is 10.5. The second-order valence-electron chi connectivity index (χ2n) is 6.87. The normalized spacial score (nSPS) is 11.7. The summed E-state index contributed by atoms with van der Waals surface area (Å²) in [6.07, 6.45) is 0. The van der Waals surface area contributed by atoms with Gasteiger partial charge in [-0.25, -0.2) is 0 Å². The van der Waals surface area contributed by atoms with Crippen LogP contribution in [0.2, 0.25) is 0 Å². The highest BCUT2D eigenvalue weighted by Crippen LogP contribution is 2.50. The Morgan fingerprint density at radius 1 is 0.759 bits per heavy atom. The van der Waals surface area contributed by atoms with Crippen molar-refractivity contribution in [3.05, 3.63) is 48.5 Å². The van der Waals surface area contributed by atoms with E-state index in [1.54, 1.807) is 23.5 Å². The minimum atomic E-state index is 0.0806. The van der Waals surface area contributed by atoms with Crippen molar-refractivity contribution in [2.75, 3.05) is 13.2 Å². The molecule has 146 valence electrons. The Balaban J connectivity index is 2.00. The largest absolute Gasteiger partial charge is 0.507 e. The van der Waals surface area contributed by atoms with Crippen molar-refractivity contribution >= 4 is 53.1 Å². The lowest BCUT2D eigenvalue weighted by atomic mass is 10.00.